The molecule has 0 atom stereocenters. The van der Waals surface area contributed by atoms with Crippen LogP contribution in [0.25, 0.3) is 11.3 Å². The van der Waals surface area contributed by atoms with E-state index in [1.807, 2.05) is 6.07 Å². The first-order valence-electron chi connectivity index (χ1n) is 4.91. The lowest BCUT2D eigenvalue weighted by atomic mass is 10.1. The molecular weight excluding hydrogens is 231 g/mol. The Balaban J connectivity index is 2.32. The Bertz CT molecular complexity index is 502. The van der Waals surface area contributed by atoms with Crippen LogP contribution in [0.5, 0.6) is 0 Å². The van der Waals surface area contributed by atoms with Crippen molar-refractivity contribution in [3.8, 4) is 11.3 Å². The van der Waals surface area contributed by atoms with Crippen molar-refractivity contribution in [3.05, 3.63) is 36.5 Å². The van der Waals surface area contributed by atoms with Gasteiger partial charge in [0.1, 0.15) is 12.2 Å². The molecule has 1 aromatic heterocycles. The maximum atomic E-state index is 12.2. The van der Waals surface area contributed by atoms with Crippen LogP contribution in [-0.2, 0) is 6.54 Å². The Labute approximate surface area is 95.7 Å². The normalized spacial score (nSPS) is 11.7. The summed E-state index contributed by atoms with van der Waals surface area (Å²) in [6, 6.07) is 8.86. The van der Waals surface area contributed by atoms with E-state index < -0.39 is 12.7 Å². The summed E-state index contributed by atoms with van der Waals surface area (Å²) in [7, 11) is 0. The molecule has 0 aliphatic heterocycles. The fourth-order valence-electron chi connectivity index (χ4n) is 1.52. The Kier molecular flexibility index (Phi) is 2.79. The van der Waals surface area contributed by atoms with Gasteiger partial charge >= 0.3 is 6.18 Å². The van der Waals surface area contributed by atoms with Gasteiger partial charge in [0, 0.05) is 11.8 Å². The Morgan fingerprint density at radius 2 is 1.82 bits per heavy atom. The molecule has 6 heteroatoms. The van der Waals surface area contributed by atoms with Crippen LogP contribution in [-0.4, -0.2) is 16.0 Å². The maximum Gasteiger partial charge on any atom is 0.408 e. The maximum absolute atomic E-state index is 12.2. The van der Waals surface area contributed by atoms with Gasteiger partial charge in [-0.15, -0.1) is 0 Å². The van der Waals surface area contributed by atoms with Gasteiger partial charge in [-0.2, -0.15) is 18.3 Å². The molecule has 0 spiro atoms. The summed E-state index contributed by atoms with van der Waals surface area (Å²) in [6.07, 6.45) is -3.11. The summed E-state index contributed by atoms with van der Waals surface area (Å²) < 4.78 is 37.4. The second-order valence-corrected chi connectivity index (χ2v) is 3.61. The van der Waals surface area contributed by atoms with Crippen LogP contribution in [0.1, 0.15) is 0 Å². The fraction of sp³-hybridized carbons (Fsp3) is 0.182. The van der Waals surface area contributed by atoms with Crippen molar-refractivity contribution in [2.75, 3.05) is 5.73 Å². The fourth-order valence-corrected chi connectivity index (χ4v) is 1.52. The third-order valence-corrected chi connectivity index (χ3v) is 2.18. The summed E-state index contributed by atoms with van der Waals surface area (Å²) in [5.74, 6) is 0. The smallest absolute Gasteiger partial charge is 0.396 e. The number of nitrogens with two attached hydrogens (primary N) is 1. The largest absolute Gasteiger partial charge is 0.408 e. The standard InChI is InChI=1S/C11H10F3N3/c12-11(13,14)7-17-6-9(15)10(16-17)8-4-2-1-3-5-8/h1-6H,7,15H2. The molecule has 2 aromatic rings. The number of anilines is 1. The average Bonchev–Trinajstić information content (AvgIpc) is 2.58. The van der Waals surface area contributed by atoms with Crippen LogP contribution >= 0.6 is 0 Å². The number of nitrogen functional groups attached to an aromatic ring is 1. The van der Waals surface area contributed by atoms with Crippen LogP contribution in [0, 0.1) is 0 Å². The summed E-state index contributed by atoms with van der Waals surface area (Å²) in [5.41, 5.74) is 6.95. The van der Waals surface area contributed by atoms with Crippen molar-refractivity contribution in [2.24, 2.45) is 0 Å². The van der Waals surface area contributed by atoms with E-state index in [1.54, 1.807) is 24.3 Å². The van der Waals surface area contributed by atoms with Gasteiger partial charge in [-0.3, -0.25) is 4.68 Å². The Morgan fingerprint density at radius 1 is 1.18 bits per heavy atom. The van der Waals surface area contributed by atoms with E-state index >= 15 is 0 Å². The zero-order chi connectivity index (χ0) is 12.5. The lowest BCUT2D eigenvalue weighted by Gasteiger charge is -2.05. The van der Waals surface area contributed by atoms with E-state index in [4.69, 9.17) is 5.73 Å². The molecule has 0 saturated carbocycles. The monoisotopic (exact) mass is 241 g/mol. The molecule has 2 N–H and O–H groups in total. The van der Waals surface area contributed by atoms with Crippen LogP contribution in [0.4, 0.5) is 18.9 Å². The molecular formula is C11H10F3N3. The summed E-state index contributed by atoms with van der Waals surface area (Å²) in [6.45, 7) is -1.13. The molecule has 0 bridgehead atoms. The van der Waals surface area contributed by atoms with E-state index in [9.17, 15) is 13.2 Å². The highest BCUT2D eigenvalue weighted by Crippen LogP contribution is 2.25. The van der Waals surface area contributed by atoms with Crippen molar-refractivity contribution >= 4 is 5.69 Å². The van der Waals surface area contributed by atoms with Gasteiger partial charge in [0.05, 0.1) is 5.69 Å². The second kappa shape index (κ2) is 4.12. The molecule has 0 unspecified atom stereocenters. The van der Waals surface area contributed by atoms with Gasteiger partial charge < -0.3 is 5.73 Å². The molecule has 0 amide bonds. The molecule has 17 heavy (non-hydrogen) atoms. The quantitative estimate of drug-likeness (QED) is 0.878. The van der Waals surface area contributed by atoms with Gasteiger partial charge in [-0.25, -0.2) is 0 Å². The van der Waals surface area contributed by atoms with E-state index in [0.717, 1.165) is 4.68 Å². The van der Waals surface area contributed by atoms with Crippen molar-refractivity contribution in [1.82, 2.24) is 9.78 Å². The first-order chi connectivity index (χ1) is 7.96. The zero-order valence-electron chi connectivity index (χ0n) is 8.78. The number of alkyl halides is 3. The molecule has 0 aliphatic carbocycles. The number of nitrogens with zero attached hydrogens (tertiary/aromatic N) is 2. The van der Waals surface area contributed by atoms with Gasteiger partial charge in [0.25, 0.3) is 0 Å². The summed E-state index contributed by atoms with van der Waals surface area (Å²) in [4.78, 5) is 0. The lowest BCUT2D eigenvalue weighted by molar-refractivity contribution is -0.142. The lowest BCUT2D eigenvalue weighted by Crippen LogP contribution is -2.17. The number of hydrogen-bond acceptors (Lipinski definition) is 2. The topological polar surface area (TPSA) is 43.8 Å². The molecule has 0 saturated heterocycles. The molecule has 90 valence electrons. The van der Waals surface area contributed by atoms with E-state index in [0.29, 0.717) is 11.3 Å². The number of aromatic nitrogens is 2. The van der Waals surface area contributed by atoms with E-state index in [-0.39, 0.29) is 5.69 Å². The Morgan fingerprint density at radius 3 is 2.41 bits per heavy atom. The minimum Gasteiger partial charge on any atom is -0.396 e. The van der Waals surface area contributed by atoms with Crippen molar-refractivity contribution in [3.63, 3.8) is 0 Å². The molecule has 0 aliphatic rings. The van der Waals surface area contributed by atoms with Gasteiger partial charge in [-0.1, -0.05) is 30.3 Å². The van der Waals surface area contributed by atoms with E-state index in [1.165, 1.54) is 6.20 Å². The number of rotatable bonds is 2. The van der Waals surface area contributed by atoms with Gasteiger partial charge in [0.2, 0.25) is 0 Å². The number of hydrogen-bond donors (Lipinski definition) is 1. The van der Waals surface area contributed by atoms with Crippen molar-refractivity contribution in [2.45, 2.75) is 12.7 Å². The third-order valence-electron chi connectivity index (χ3n) is 2.18. The minimum absolute atomic E-state index is 0.237. The van der Waals surface area contributed by atoms with E-state index in [2.05, 4.69) is 5.10 Å². The second-order valence-electron chi connectivity index (χ2n) is 3.61. The van der Waals surface area contributed by atoms with Crippen LogP contribution in [0.2, 0.25) is 0 Å². The first-order valence-corrected chi connectivity index (χ1v) is 4.91. The SMILES string of the molecule is Nc1cn(CC(F)(F)F)nc1-c1ccccc1. The van der Waals surface area contributed by atoms with Crippen molar-refractivity contribution < 1.29 is 13.2 Å². The zero-order valence-corrected chi connectivity index (χ0v) is 8.78. The highest BCUT2D eigenvalue weighted by atomic mass is 19.4. The van der Waals surface area contributed by atoms with Crippen molar-refractivity contribution in [1.29, 1.82) is 0 Å². The Hall–Kier alpha value is -1.98. The number of benzene rings is 1. The van der Waals surface area contributed by atoms with Crippen LogP contribution < -0.4 is 5.73 Å². The predicted molar refractivity (Wildman–Crippen MR) is 58.1 cm³/mol. The molecule has 3 nitrogen and oxygen atoms in total. The van der Waals surface area contributed by atoms with Gasteiger partial charge in [0.15, 0.2) is 0 Å². The predicted octanol–water partition coefficient (Wildman–Crippen LogP) is 2.69. The minimum atomic E-state index is -4.30. The summed E-state index contributed by atoms with van der Waals surface area (Å²) >= 11 is 0. The van der Waals surface area contributed by atoms with Crippen LogP contribution in [0.15, 0.2) is 36.5 Å². The average molecular weight is 241 g/mol. The highest BCUT2D eigenvalue weighted by molar-refractivity contribution is 5.71. The first kappa shape index (κ1) is 11.5. The third kappa shape index (κ3) is 2.77. The highest BCUT2D eigenvalue weighted by Gasteiger charge is 2.28. The number of halogens is 3. The molecule has 1 heterocycles. The molecule has 1 aromatic carbocycles. The molecule has 2 rings (SSSR count). The van der Waals surface area contributed by atoms with Crippen LogP contribution in [0.3, 0.4) is 0 Å². The summed E-state index contributed by atoms with van der Waals surface area (Å²) in [5, 5.41) is 3.84. The van der Waals surface area contributed by atoms with Gasteiger partial charge in [-0.05, 0) is 0 Å². The molecule has 0 radical (unpaired) electrons. The molecule has 0 fully saturated rings.